The quantitative estimate of drug-likeness (QED) is 0.524. The number of alkyl halides is 1. The summed E-state index contributed by atoms with van der Waals surface area (Å²) in [4.78, 5) is 12.8. The third-order valence-corrected chi connectivity index (χ3v) is 2.33. The number of likely N-dealkylation sites (N-methyl/N-ethyl adjacent to an activating group) is 1. The molecule has 0 aromatic rings. The van der Waals surface area contributed by atoms with Gasteiger partial charge in [0.15, 0.2) is 0 Å². The van der Waals surface area contributed by atoms with Gasteiger partial charge in [-0.3, -0.25) is 4.79 Å². The van der Waals surface area contributed by atoms with Gasteiger partial charge in [0.25, 0.3) is 0 Å². The van der Waals surface area contributed by atoms with Crippen LogP contribution < -0.4 is 0 Å². The van der Waals surface area contributed by atoms with Crippen LogP contribution in [0.3, 0.4) is 0 Å². The molecule has 0 bridgehead atoms. The summed E-state index contributed by atoms with van der Waals surface area (Å²) in [6, 6.07) is 0.335. The molecule has 0 aliphatic carbocycles. The van der Waals surface area contributed by atoms with Crippen molar-refractivity contribution < 1.29 is 9.53 Å². The van der Waals surface area contributed by atoms with Gasteiger partial charge in [0.1, 0.15) is 0 Å². The first-order valence-corrected chi connectivity index (χ1v) is 4.67. The highest BCUT2D eigenvalue weighted by Gasteiger charge is 2.25. The lowest BCUT2D eigenvalue weighted by Crippen LogP contribution is -2.49. The molecular weight excluding hydrogens is 245 g/mol. The lowest BCUT2D eigenvalue weighted by atomic mass is 10.2. The molecule has 0 aromatic heterocycles. The number of carbonyl (C=O) groups is 1. The molecule has 58 valence electrons. The molecule has 0 aromatic carbocycles. The van der Waals surface area contributed by atoms with E-state index in [0.29, 0.717) is 23.7 Å². The molecule has 3 nitrogen and oxygen atoms in total. The highest BCUT2D eigenvalue weighted by molar-refractivity contribution is 14.1. The number of hydrogen-bond donors (Lipinski definition) is 0. The molecule has 0 atom stereocenters. The summed E-state index contributed by atoms with van der Waals surface area (Å²) in [6.45, 7) is 1.41. The van der Waals surface area contributed by atoms with Crippen LogP contribution in [0, 0.1) is 0 Å². The normalized spacial score (nSPS) is 18.2. The van der Waals surface area contributed by atoms with Crippen molar-refractivity contribution in [1.82, 2.24) is 4.90 Å². The summed E-state index contributed by atoms with van der Waals surface area (Å²) in [6.07, 6.45) is 0. The van der Waals surface area contributed by atoms with Crippen LogP contribution in [0.25, 0.3) is 0 Å². The number of carbonyl (C=O) groups excluding carboxylic acids is 1. The lowest BCUT2D eigenvalue weighted by molar-refractivity contribution is -0.138. The maximum atomic E-state index is 11.0. The van der Waals surface area contributed by atoms with Gasteiger partial charge < -0.3 is 9.64 Å². The molecule has 1 fully saturated rings. The fourth-order valence-corrected chi connectivity index (χ4v) is 1.28. The van der Waals surface area contributed by atoms with E-state index in [9.17, 15) is 4.79 Å². The molecule has 1 amide bonds. The minimum absolute atomic E-state index is 0.189. The van der Waals surface area contributed by atoms with Crippen LogP contribution in [0.15, 0.2) is 0 Å². The zero-order valence-corrected chi connectivity index (χ0v) is 8.00. The molecule has 1 aliphatic heterocycles. The van der Waals surface area contributed by atoms with Gasteiger partial charge in [0.2, 0.25) is 5.91 Å². The summed E-state index contributed by atoms with van der Waals surface area (Å²) < 4.78 is 5.51. The zero-order valence-electron chi connectivity index (χ0n) is 5.84. The fraction of sp³-hybridized carbons (Fsp3) is 0.833. The average molecular weight is 255 g/mol. The Bertz CT molecular complexity index is 136. The van der Waals surface area contributed by atoms with Gasteiger partial charge in [-0.1, -0.05) is 22.6 Å². The van der Waals surface area contributed by atoms with Gasteiger partial charge >= 0.3 is 0 Å². The van der Waals surface area contributed by atoms with E-state index < -0.39 is 0 Å². The van der Waals surface area contributed by atoms with Crippen molar-refractivity contribution in [2.45, 2.75) is 6.04 Å². The smallest absolute Gasteiger partial charge is 0.232 e. The molecule has 1 heterocycles. The van der Waals surface area contributed by atoms with Gasteiger partial charge in [0.05, 0.1) is 23.7 Å². The minimum Gasteiger partial charge on any atom is -0.377 e. The lowest BCUT2D eigenvalue weighted by Gasteiger charge is -2.34. The Kier molecular flexibility index (Phi) is 2.91. The Morgan fingerprint density at radius 3 is 2.70 bits per heavy atom. The summed E-state index contributed by atoms with van der Waals surface area (Å²) in [5.41, 5.74) is 0. The van der Waals surface area contributed by atoms with E-state index in [-0.39, 0.29) is 5.91 Å². The number of ether oxygens (including phenoxy) is 1. The number of halogens is 1. The van der Waals surface area contributed by atoms with E-state index in [1.807, 2.05) is 7.05 Å². The van der Waals surface area contributed by atoms with Crippen molar-refractivity contribution in [3.05, 3.63) is 0 Å². The van der Waals surface area contributed by atoms with Crippen LogP contribution >= 0.6 is 22.6 Å². The van der Waals surface area contributed by atoms with Crippen molar-refractivity contribution in [1.29, 1.82) is 0 Å². The summed E-state index contributed by atoms with van der Waals surface area (Å²) >= 11 is 2.07. The van der Waals surface area contributed by atoms with Crippen LogP contribution in [0.4, 0.5) is 0 Å². The fourth-order valence-electron chi connectivity index (χ4n) is 0.745. The highest BCUT2D eigenvalue weighted by Crippen LogP contribution is 2.08. The van der Waals surface area contributed by atoms with Crippen molar-refractivity contribution >= 4 is 28.5 Å². The predicted octanol–water partition coefficient (Wildman–Crippen LogP) is 0.279. The van der Waals surface area contributed by atoms with E-state index in [1.54, 1.807) is 4.90 Å². The zero-order chi connectivity index (χ0) is 7.56. The van der Waals surface area contributed by atoms with Crippen LogP contribution in [0.2, 0.25) is 0 Å². The molecule has 0 spiro atoms. The van der Waals surface area contributed by atoms with E-state index in [0.717, 1.165) is 0 Å². The predicted molar refractivity (Wildman–Crippen MR) is 46.3 cm³/mol. The van der Waals surface area contributed by atoms with Crippen LogP contribution in [0.5, 0.6) is 0 Å². The Balaban J connectivity index is 2.31. The molecule has 1 rings (SSSR count). The van der Waals surface area contributed by atoms with Gasteiger partial charge in [-0.2, -0.15) is 0 Å². The second-order valence-electron chi connectivity index (χ2n) is 2.33. The SMILES string of the molecule is CN(C(=O)CI)C1COC1. The van der Waals surface area contributed by atoms with Crippen molar-refractivity contribution in [2.75, 3.05) is 24.7 Å². The van der Waals surface area contributed by atoms with Gasteiger partial charge in [-0.05, 0) is 0 Å². The summed E-state index contributed by atoms with van der Waals surface area (Å²) in [7, 11) is 1.83. The van der Waals surface area contributed by atoms with Crippen LogP contribution in [-0.2, 0) is 9.53 Å². The summed E-state index contributed by atoms with van der Waals surface area (Å²) in [5.74, 6) is 0.189. The largest absolute Gasteiger partial charge is 0.377 e. The first-order valence-electron chi connectivity index (χ1n) is 3.15. The van der Waals surface area contributed by atoms with Crippen LogP contribution in [-0.4, -0.2) is 41.5 Å². The molecule has 1 saturated heterocycles. The Labute approximate surface area is 73.9 Å². The molecule has 0 unspecified atom stereocenters. The second-order valence-corrected chi connectivity index (χ2v) is 3.09. The Hall–Kier alpha value is 0.160. The van der Waals surface area contributed by atoms with E-state index in [4.69, 9.17) is 4.74 Å². The van der Waals surface area contributed by atoms with Crippen LogP contribution in [0.1, 0.15) is 0 Å². The first kappa shape index (κ1) is 8.26. The standard InChI is InChI=1S/C6H10INO2/c1-8(6(9)2-7)5-3-10-4-5/h5H,2-4H2,1H3. The first-order chi connectivity index (χ1) is 4.75. The third kappa shape index (κ3) is 1.60. The van der Waals surface area contributed by atoms with E-state index >= 15 is 0 Å². The molecule has 4 heteroatoms. The molecule has 1 aliphatic rings. The Morgan fingerprint density at radius 2 is 2.40 bits per heavy atom. The van der Waals surface area contributed by atoms with Crippen molar-refractivity contribution in [3.8, 4) is 0 Å². The van der Waals surface area contributed by atoms with Gasteiger partial charge in [-0.15, -0.1) is 0 Å². The number of hydrogen-bond acceptors (Lipinski definition) is 2. The maximum absolute atomic E-state index is 11.0. The number of amides is 1. The number of nitrogens with zero attached hydrogens (tertiary/aromatic N) is 1. The summed E-state index contributed by atoms with van der Waals surface area (Å²) in [5, 5.41) is 0. The third-order valence-electron chi connectivity index (χ3n) is 1.68. The van der Waals surface area contributed by atoms with Crippen molar-refractivity contribution in [2.24, 2.45) is 0 Å². The highest BCUT2D eigenvalue weighted by atomic mass is 127. The minimum atomic E-state index is 0.189. The second kappa shape index (κ2) is 3.52. The average Bonchev–Trinajstić information content (AvgIpc) is 1.82. The Morgan fingerprint density at radius 1 is 1.80 bits per heavy atom. The van der Waals surface area contributed by atoms with Gasteiger partial charge in [0, 0.05) is 7.05 Å². The molecule has 0 radical (unpaired) electrons. The van der Waals surface area contributed by atoms with Crippen molar-refractivity contribution in [3.63, 3.8) is 0 Å². The molecule has 10 heavy (non-hydrogen) atoms. The molecule has 0 N–H and O–H groups in total. The number of rotatable bonds is 2. The van der Waals surface area contributed by atoms with E-state index in [1.165, 1.54) is 0 Å². The van der Waals surface area contributed by atoms with Gasteiger partial charge in [-0.25, -0.2) is 0 Å². The van der Waals surface area contributed by atoms with E-state index in [2.05, 4.69) is 22.6 Å². The monoisotopic (exact) mass is 255 g/mol. The topological polar surface area (TPSA) is 29.5 Å². The molecular formula is C6H10INO2. The maximum Gasteiger partial charge on any atom is 0.232 e. The molecule has 0 saturated carbocycles.